The summed E-state index contributed by atoms with van der Waals surface area (Å²) in [7, 11) is 0. The SMILES string of the molecule is CCCCCC1COc2cc(C(N)=O)ccc2O1.CCCCCC1COc2ccc(C(N)=O)cc2O1. The second kappa shape index (κ2) is 13.6. The minimum Gasteiger partial charge on any atom is -0.486 e. The van der Waals surface area contributed by atoms with E-state index in [1.54, 1.807) is 36.4 Å². The van der Waals surface area contributed by atoms with Crippen LogP contribution in [0.1, 0.15) is 85.9 Å². The Morgan fingerprint density at radius 3 is 1.69 bits per heavy atom. The Morgan fingerprint density at radius 2 is 1.17 bits per heavy atom. The molecule has 2 unspecified atom stereocenters. The average Bonchev–Trinajstić information content (AvgIpc) is 2.88. The summed E-state index contributed by atoms with van der Waals surface area (Å²) in [5.41, 5.74) is 11.4. The van der Waals surface area contributed by atoms with Crippen molar-refractivity contribution in [2.75, 3.05) is 13.2 Å². The summed E-state index contributed by atoms with van der Waals surface area (Å²) in [4.78, 5) is 22.2. The third-order valence-electron chi connectivity index (χ3n) is 6.15. The van der Waals surface area contributed by atoms with Crippen molar-refractivity contribution in [1.29, 1.82) is 0 Å². The van der Waals surface area contributed by atoms with Crippen LogP contribution < -0.4 is 30.4 Å². The molecule has 0 bridgehead atoms. The zero-order chi connectivity index (χ0) is 25.9. The van der Waals surface area contributed by atoms with Crippen LogP contribution in [0.2, 0.25) is 0 Å². The summed E-state index contributed by atoms with van der Waals surface area (Å²) in [5.74, 6) is 1.72. The molecule has 8 nitrogen and oxygen atoms in total. The number of hydrogen-bond donors (Lipinski definition) is 2. The molecule has 0 saturated heterocycles. The number of nitrogens with two attached hydrogens (primary N) is 2. The van der Waals surface area contributed by atoms with Crippen molar-refractivity contribution in [1.82, 2.24) is 0 Å². The molecule has 36 heavy (non-hydrogen) atoms. The van der Waals surface area contributed by atoms with Crippen LogP contribution in [0.3, 0.4) is 0 Å². The maximum Gasteiger partial charge on any atom is 0.248 e. The molecule has 0 fully saturated rings. The van der Waals surface area contributed by atoms with Gasteiger partial charge in [0.15, 0.2) is 23.0 Å². The molecule has 2 heterocycles. The number of hydrogen-bond acceptors (Lipinski definition) is 6. The third-order valence-corrected chi connectivity index (χ3v) is 6.15. The molecule has 0 spiro atoms. The van der Waals surface area contributed by atoms with E-state index in [-0.39, 0.29) is 12.2 Å². The molecule has 4 rings (SSSR count). The molecule has 8 heteroatoms. The van der Waals surface area contributed by atoms with Crippen LogP contribution in [0.4, 0.5) is 0 Å². The van der Waals surface area contributed by atoms with Gasteiger partial charge in [-0.3, -0.25) is 9.59 Å². The summed E-state index contributed by atoms with van der Waals surface area (Å²) >= 11 is 0. The number of carbonyl (C=O) groups excluding carboxylic acids is 2. The van der Waals surface area contributed by atoms with E-state index in [2.05, 4.69) is 13.8 Å². The molecule has 0 radical (unpaired) electrons. The fourth-order valence-electron chi connectivity index (χ4n) is 4.07. The van der Waals surface area contributed by atoms with Gasteiger partial charge in [-0.1, -0.05) is 39.5 Å². The first kappa shape index (κ1) is 27.2. The summed E-state index contributed by atoms with van der Waals surface area (Å²) in [6.07, 6.45) is 9.27. The molecule has 2 aromatic rings. The molecule has 0 saturated carbocycles. The van der Waals surface area contributed by atoms with Crippen molar-refractivity contribution in [2.24, 2.45) is 11.5 Å². The van der Waals surface area contributed by atoms with Gasteiger partial charge in [0.2, 0.25) is 11.8 Å². The Kier molecular flexibility index (Phi) is 10.3. The predicted molar refractivity (Wildman–Crippen MR) is 138 cm³/mol. The quantitative estimate of drug-likeness (QED) is 0.444. The summed E-state index contributed by atoms with van der Waals surface area (Å²) in [5, 5.41) is 0. The molecular formula is C28H38N2O6. The lowest BCUT2D eigenvalue weighted by molar-refractivity contribution is 0.0824. The van der Waals surface area contributed by atoms with Gasteiger partial charge in [0.1, 0.15) is 25.4 Å². The first-order chi connectivity index (χ1) is 17.4. The molecule has 2 aliphatic rings. The van der Waals surface area contributed by atoms with Gasteiger partial charge < -0.3 is 30.4 Å². The fraction of sp³-hybridized carbons (Fsp3) is 0.500. The first-order valence-corrected chi connectivity index (χ1v) is 12.9. The van der Waals surface area contributed by atoms with E-state index in [1.807, 2.05) is 0 Å². The van der Waals surface area contributed by atoms with Crippen molar-refractivity contribution in [3.05, 3.63) is 47.5 Å². The predicted octanol–water partition coefficient (Wildman–Crippen LogP) is 5.01. The van der Waals surface area contributed by atoms with Gasteiger partial charge in [-0.2, -0.15) is 0 Å². The van der Waals surface area contributed by atoms with Gasteiger partial charge >= 0.3 is 0 Å². The van der Waals surface area contributed by atoms with E-state index in [0.29, 0.717) is 47.3 Å². The number of ether oxygens (including phenoxy) is 4. The topological polar surface area (TPSA) is 123 Å². The third kappa shape index (κ3) is 7.80. The lowest BCUT2D eigenvalue weighted by Crippen LogP contribution is -2.29. The minimum absolute atomic E-state index is 0.0761. The van der Waals surface area contributed by atoms with Crippen molar-refractivity contribution >= 4 is 11.8 Å². The Hall–Kier alpha value is -3.42. The number of unbranched alkanes of at least 4 members (excludes halogenated alkanes) is 4. The average molecular weight is 499 g/mol. The molecule has 0 aromatic heterocycles. The van der Waals surface area contributed by atoms with E-state index in [1.165, 1.54) is 25.7 Å². The molecule has 0 aliphatic carbocycles. The van der Waals surface area contributed by atoms with Crippen LogP contribution in [0.5, 0.6) is 23.0 Å². The van der Waals surface area contributed by atoms with E-state index in [0.717, 1.165) is 25.7 Å². The van der Waals surface area contributed by atoms with Gasteiger partial charge in [-0.15, -0.1) is 0 Å². The van der Waals surface area contributed by atoms with E-state index >= 15 is 0 Å². The second-order valence-electron chi connectivity index (χ2n) is 9.14. The fourth-order valence-corrected chi connectivity index (χ4v) is 4.07. The Balaban J connectivity index is 0.000000201. The monoisotopic (exact) mass is 498 g/mol. The molecule has 4 N–H and O–H groups in total. The van der Waals surface area contributed by atoms with Crippen LogP contribution >= 0.6 is 0 Å². The normalized spacial score (nSPS) is 17.5. The van der Waals surface area contributed by atoms with E-state index in [4.69, 9.17) is 30.4 Å². The lowest BCUT2D eigenvalue weighted by Gasteiger charge is -2.26. The van der Waals surface area contributed by atoms with E-state index in [9.17, 15) is 9.59 Å². The van der Waals surface area contributed by atoms with Gasteiger partial charge in [0.25, 0.3) is 0 Å². The van der Waals surface area contributed by atoms with Gasteiger partial charge in [-0.25, -0.2) is 0 Å². The standard InChI is InChI=1S/2C14H19NO3/c1-2-3-4-5-11-9-17-13-8-10(14(15)16)6-7-12(13)18-11;1-2-3-4-5-11-9-17-12-7-6-10(14(15)16)8-13(12)18-11/h2*6-8,11H,2-5,9H2,1H3,(H2,15,16). The van der Waals surface area contributed by atoms with Crippen LogP contribution in [0.25, 0.3) is 0 Å². The molecule has 2 amide bonds. The lowest BCUT2D eigenvalue weighted by atomic mass is 10.1. The van der Waals surface area contributed by atoms with Crippen molar-refractivity contribution in [3.8, 4) is 23.0 Å². The summed E-state index contributed by atoms with van der Waals surface area (Å²) in [6, 6.07) is 10.1. The maximum atomic E-state index is 11.1. The highest BCUT2D eigenvalue weighted by Gasteiger charge is 2.22. The van der Waals surface area contributed by atoms with Crippen molar-refractivity contribution in [3.63, 3.8) is 0 Å². The molecule has 2 aliphatic heterocycles. The smallest absolute Gasteiger partial charge is 0.248 e. The molecule has 2 aromatic carbocycles. The number of benzene rings is 2. The number of fused-ring (bicyclic) bond motifs is 2. The largest absolute Gasteiger partial charge is 0.486 e. The molecular weight excluding hydrogens is 460 g/mol. The molecule has 2 atom stereocenters. The van der Waals surface area contributed by atoms with Crippen LogP contribution in [-0.4, -0.2) is 37.2 Å². The summed E-state index contributed by atoms with van der Waals surface area (Å²) < 4.78 is 22.9. The van der Waals surface area contributed by atoms with Crippen LogP contribution in [0.15, 0.2) is 36.4 Å². The summed E-state index contributed by atoms with van der Waals surface area (Å²) in [6.45, 7) is 5.47. The molecule has 196 valence electrons. The second-order valence-corrected chi connectivity index (χ2v) is 9.14. The Morgan fingerprint density at radius 1 is 0.694 bits per heavy atom. The number of carbonyl (C=O) groups is 2. The zero-order valence-corrected chi connectivity index (χ0v) is 21.3. The minimum atomic E-state index is -0.452. The van der Waals surface area contributed by atoms with Gasteiger partial charge in [0.05, 0.1) is 0 Å². The zero-order valence-electron chi connectivity index (χ0n) is 21.3. The van der Waals surface area contributed by atoms with Crippen LogP contribution in [0, 0.1) is 0 Å². The maximum absolute atomic E-state index is 11.1. The highest BCUT2D eigenvalue weighted by Crippen LogP contribution is 2.34. The Labute approximate surface area is 213 Å². The number of primary amides is 2. The highest BCUT2D eigenvalue weighted by molar-refractivity contribution is 5.94. The van der Waals surface area contributed by atoms with Gasteiger partial charge in [0, 0.05) is 11.1 Å². The van der Waals surface area contributed by atoms with Gasteiger partial charge in [-0.05, 0) is 62.1 Å². The van der Waals surface area contributed by atoms with Crippen LogP contribution in [-0.2, 0) is 0 Å². The Bertz CT molecular complexity index is 1030. The van der Waals surface area contributed by atoms with Crippen molar-refractivity contribution in [2.45, 2.75) is 77.4 Å². The number of rotatable bonds is 10. The van der Waals surface area contributed by atoms with E-state index < -0.39 is 11.8 Å². The highest BCUT2D eigenvalue weighted by atomic mass is 16.6. The number of amides is 2. The van der Waals surface area contributed by atoms with Crippen molar-refractivity contribution < 1.29 is 28.5 Å². The first-order valence-electron chi connectivity index (χ1n) is 12.9.